The first-order valence-corrected chi connectivity index (χ1v) is 10.0. The average Bonchev–Trinajstić information content (AvgIpc) is 3.16. The van der Waals surface area contributed by atoms with Gasteiger partial charge in [-0.3, -0.25) is 10.1 Å². The van der Waals surface area contributed by atoms with Crippen molar-refractivity contribution in [1.82, 2.24) is 4.98 Å². The van der Waals surface area contributed by atoms with Crippen LogP contribution in [0.25, 0.3) is 22.2 Å². The number of fused-ring (bicyclic) bond motifs is 1. The molecule has 1 atom stereocenters. The van der Waals surface area contributed by atoms with Crippen molar-refractivity contribution in [1.29, 1.82) is 0 Å². The van der Waals surface area contributed by atoms with Gasteiger partial charge in [-0.2, -0.15) is 0 Å². The normalized spacial score (nSPS) is 12.0. The fourth-order valence-corrected chi connectivity index (χ4v) is 4.06. The Balaban J connectivity index is 1.97. The van der Waals surface area contributed by atoms with Crippen LogP contribution in [0.15, 0.2) is 66.7 Å². The summed E-state index contributed by atoms with van der Waals surface area (Å²) in [4.78, 5) is 15.0. The minimum atomic E-state index is -0.470. The van der Waals surface area contributed by atoms with Gasteiger partial charge in [0.2, 0.25) is 6.54 Å². The number of hydrogen-bond donors (Lipinski definition) is 1. The van der Waals surface area contributed by atoms with E-state index in [9.17, 15) is 10.1 Å². The van der Waals surface area contributed by atoms with Crippen molar-refractivity contribution in [2.75, 3.05) is 20.8 Å². The third-order valence-electron chi connectivity index (χ3n) is 5.58. The number of benzene rings is 3. The van der Waals surface area contributed by atoms with Gasteiger partial charge in [0.15, 0.2) is 11.5 Å². The van der Waals surface area contributed by atoms with Crippen molar-refractivity contribution < 1.29 is 14.4 Å². The van der Waals surface area contributed by atoms with Gasteiger partial charge in [-0.05, 0) is 41.8 Å². The highest BCUT2D eigenvalue weighted by Crippen LogP contribution is 2.41. The Bertz CT molecular complexity index is 1230. The molecular weight excluding hydrogens is 392 g/mol. The molecule has 1 heterocycles. The zero-order valence-electron chi connectivity index (χ0n) is 17.7. The van der Waals surface area contributed by atoms with Crippen LogP contribution in [0.5, 0.6) is 11.5 Å². The number of H-pyrrole nitrogens is 1. The first-order valence-electron chi connectivity index (χ1n) is 10.0. The zero-order chi connectivity index (χ0) is 22.0. The summed E-state index contributed by atoms with van der Waals surface area (Å²) in [6.45, 7) is 1.80. The molecule has 0 aliphatic heterocycles. The number of aromatic amines is 1. The monoisotopic (exact) mass is 416 g/mol. The lowest BCUT2D eigenvalue weighted by atomic mass is 9.87. The zero-order valence-corrected chi connectivity index (χ0v) is 17.7. The molecule has 0 amide bonds. The molecular formula is C25H24N2O4. The van der Waals surface area contributed by atoms with Gasteiger partial charge in [-0.25, -0.2) is 0 Å². The van der Waals surface area contributed by atoms with E-state index in [2.05, 4.69) is 4.98 Å². The van der Waals surface area contributed by atoms with E-state index in [1.807, 2.05) is 67.6 Å². The Morgan fingerprint density at radius 2 is 1.68 bits per heavy atom. The van der Waals surface area contributed by atoms with Crippen molar-refractivity contribution >= 4 is 10.9 Å². The minimum absolute atomic E-state index is 0.240. The van der Waals surface area contributed by atoms with Gasteiger partial charge in [-0.1, -0.05) is 54.1 Å². The summed E-state index contributed by atoms with van der Waals surface area (Å²) in [6.07, 6.45) is 0. The second-order valence-electron chi connectivity index (χ2n) is 7.51. The molecule has 31 heavy (non-hydrogen) atoms. The van der Waals surface area contributed by atoms with E-state index in [-0.39, 0.29) is 11.5 Å². The number of rotatable bonds is 7. The molecule has 4 aromatic rings. The largest absolute Gasteiger partial charge is 0.493 e. The van der Waals surface area contributed by atoms with Crippen LogP contribution >= 0.6 is 0 Å². The van der Waals surface area contributed by atoms with Gasteiger partial charge >= 0.3 is 0 Å². The highest BCUT2D eigenvalue weighted by molar-refractivity contribution is 5.92. The van der Waals surface area contributed by atoms with Crippen LogP contribution in [0.1, 0.15) is 22.6 Å². The molecule has 0 radical (unpaired) electrons. The maximum Gasteiger partial charge on any atom is 0.214 e. The Labute approximate surface area is 180 Å². The molecule has 6 heteroatoms. The summed E-state index contributed by atoms with van der Waals surface area (Å²) in [6, 6.07) is 21.6. The van der Waals surface area contributed by atoms with Gasteiger partial charge in [0, 0.05) is 15.8 Å². The topological polar surface area (TPSA) is 77.4 Å². The van der Waals surface area contributed by atoms with Gasteiger partial charge in [0.05, 0.1) is 25.8 Å². The second-order valence-corrected chi connectivity index (χ2v) is 7.51. The van der Waals surface area contributed by atoms with Crippen LogP contribution in [0.3, 0.4) is 0 Å². The van der Waals surface area contributed by atoms with Crippen molar-refractivity contribution in [3.63, 3.8) is 0 Å². The van der Waals surface area contributed by atoms with Crippen LogP contribution in [0.4, 0.5) is 0 Å². The molecule has 1 aromatic heterocycles. The number of aryl methyl sites for hydroxylation is 1. The highest BCUT2D eigenvalue weighted by Gasteiger charge is 2.28. The lowest BCUT2D eigenvalue weighted by Crippen LogP contribution is -2.15. The SMILES string of the molecule is COc1ccc([C@@H](C[N+](=O)[O-])c2c(-c3ccc(C)cc3)[nH]c3ccccc23)cc1OC. The van der Waals surface area contributed by atoms with Crippen molar-refractivity contribution in [2.24, 2.45) is 0 Å². The molecule has 0 saturated heterocycles. The van der Waals surface area contributed by atoms with Crippen LogP contribution in [-0.4, -0.2) is 30.7 Å². The third kappa shape index (κ3) is 3.97. The van der Waals surface area contributed by atoms with Gasteiger partial charge in [0.25, 0.3) is 0 Å². The van der Waals surface area contributed by atoms with Crippen molar-refractivity contribution in [3.8, 4) is 22.8 Å². The van der Waals surface area contributed by atoms with Crippen LogP contribution in [0, 0.1) is 17.0 Å². The van der Waals surface area contributed by atoms with Crippen molar-refractivity contribution in [2.45, 2.75) is 12.8 Å². The number of nitrogens with zero attached hydrogens (tertiary/aromatic N) is 1. The summed E-state index contributed by atoms with van der Waals surface area (Å²) >= 11 is 0. The summed E-state index contributed by atoms with van der Waals surface area (Å²) in [5.74, 6) is 0.663. The van der Waals surface area contributed by atoms with Crippen molar-refractivity contribution in [3.05, 3.63) is 93.5 Å². The number of nitro groups is 1. The van der Waals surface area contributed by atoms with Gasteiger partial charge in [-0.15, -0.1) is 0 Å². The summed E-state index contributed by atoms with van der Waals surface area (Å²) in [5, 5.41) is 12.7. The number of para-hydroxylation sites is 1. The molecule has 3 aromatic carbocycles. The first-order chi connectivity index (χ1) is 15.0. The predicted molar refractivity (Wildman–Crippen MR) is 122 cm³/mol. The maximum atomic E-state index is 11.7. The predicted octanol–water partition coefficient (Wildman–Crippen LogP) is 5.57. The molecule has 0 unspecified atom stereocenters. The smallest absolute Gasteiger partial charge is 0.214 e. The summed E-state index contributed by atoms with van der Waals surface area (Å²) in [7, 11) is 3.13. The average molecular weight is 416 g/mol. The van der Waals surface area contributed by atoms with E-state index in [0.717, 1.165) is 38.9 Å². The molecule has 0 spiro atoms. The highest BCUT2D eigenvalue weighted by atomic mass is 16.6. The lowest BCUT2D eigenvalue weighted by Gasteiger charge is -2.18. The van der Waals surface area contributed by atoms with E-state index < -0.39 is 5.92 Å². The molecule has 6 nitrogen and oxygen atoms in total. The van der Waals surface area contributed by atoms with Crippen LogP contribution < -0.4 is 9.47 Å². The van der Waals surface area contributed by atoms with Crippen LogP contribution in [-0.2, 0) is 0 Å². The lowest BCUT2D eigenvalue weighted by molar-refractivity contribution is -0.481. The molecule has 0 aliphatic carbocycles. The third-order valence-corrected chi connectivity index (χ3v) is 5.58. The molecule has 4 rings (SSSR count). The Hall–Kier alpha value is -3.80. The Morgan fingerprint density at radius 3 is 2.35 bits per heavy atom. The van der Waals surface area contributed by atoms with Gasteiger partial charge in [0.1, 0.15) is 0 Å². The van der Waals surface area contributed by atoms with Crippen LogP contribution in [0.2, 0.25) is 0 Å². The maximum absolute atomic E-state index is 11.7. The standard InChI is InChI=1S/C25H24N2O4/c1-16-8-10-17(11-9-16)25-24(19-6-4-5-7-21(19)26-25)20(15-27(28)29)18-12-13-22(30-2)23(14-18)31-3/h4-14,20,26H,15H2,1-3H3/t20-/m1/s1. The number of nitrogens with one attached hydrogen (secondary N) is 1. The number of ether oxygens (including phenoxy) is 2. The molecule has 1 N–H and O–H groups in total. The van der Waals surface area contributed by atoms with E-state index in [0.29, 0.717) is 11.5 Å². The van der Waals surface area contributed by atoms with E-state index in [1.165, 1.54) is 0 Å². The van der Waals surface area contributed by atoms with E-state index in [4.69, 9.17) is 9.47 Å². The first kappa shape index (κ1) is 20.5. The number of aromatic nitrogens is 1. The molecule has 158 valence electrons. The summed E-state index contributed by atoms with van der Waals surface area (Å²) in [5.41, 5.74) is 5.69. The number of hydrogen-bond acceptors (Lipinski definition) is 4. The Kier molecular flexibility index (Phi) is 5.62. The molecule has 0 fully saturated rings. The second kappa shape index (κ2) is 8.52. The van der Waals surface area contributed by atoms with E-state index in [1.54, 1.807) is 20.3 Å². The molecule has 0 saturated carbocycles. The molecule has 0 aliphatic rings. The quantitative estimate of drug-likeness (QED) is 0.316. The molecule has 0 bridgehead atoms. The number of methoxy groups -OCH3 is 2. The van der Waals surface area contributed by atoms with Gasteiger partial charge < -0.3 is 14.5 Å². The summed E-state index contributed by atoms with van der Waals surface area (Å²) < 4.78 is 10.8. The fourth-order valence-electron chi connectivity index (χ4n) is 4.06. The van der Waals surface area contributed by atoms with E-state index >= 15 is 0 Å². The Morgan fingerprint density at radius 1 is 0.968 bits per heavy atom. The fraction of sp³-hybridized carbons (Fsp3) is 0.200. The minimum Gasteiger partial charge on any atom is -0.493 e.